The molecule has 5 rings (SSSR count). The van der Waals surface area contributed by atoms with E-state index < -0.39 is 7.26 Å². The summed E-state index contributed by atoms with van der Waals surface area (Å²) in [5.74, 6) is 0. The second-order valence-electron chi connectivity index (χ2n) is 7.08. The van der Waals surface area contributed by atoms with Gasteiger partial charge >= 0.3 is 155 Å². The summed E-state index contributed by atoms with van der Waals surface area (Å²) in [5.41, 5.74) is 4.15. The predicted molar refractivity (Wildman–Crippen MR) is 116 cm³/mol. The van der Waals surface area contributed by atoms with Crippen molar-refractivity contribution in [2.24, 2.45) is 0 Å². The summed E-state index contributed by atoms with van der Waals surface area (Å²) < 4.78 is 0. The van der Waals surface area contributed by atoms with Crippen LogP contribution >= 0.6 is 7.26 Å². The van der Waals surface area contributed by atoms with Gasteiger partial charge in [0.05, 0.1) is 0 Å². The molecule has 0 bridgehead atoms. The minimum atomic E-state index is -2.26. The zero-order chi connectivity index (χ0) is 17.6. The second kappa shape index (κ2) is 5.94. The van der Waals surface area contributed by atoms with Gasteiger partial charge in [0.2, 0.25) is 0 Å². The van der Waals surface area contributed by atoms with Gasteiger partial charge in [0.25, 0.3) is 0 Å². The van der Waals surface area contributed by atoms with Crippen molar-refractivity contribution in [3.63, 3.8) is 0 Å². The van der Waals surface area contributed by atoms with E-state index in [1.165, 1.54) is 37.9 Å². The minimum absolute atomic E-state index is 1.33. The summed E-state index contributed by atoms with van der Waals surface area (Å²) in [7, 11) is -2.26. The topological polar surface area (TPSA) is 0 Å². The molecule has 0 unspecified atom stereocenters. The molecule has 126 valence electrons. The van der Waals surface area contributed by atoms with Crippen molar-refractivity contribution in [1.82, 2.24) is 0 Å². The maximum absolute atomic E-state index is 2.43. The summed E-state index contributed by atoms with van der Waals surface area (Å²) in [6.07, 6.45) is 0. The van der Waals surface area contributed by atoms with E-state index in [9.17, 15) is 0 Å². The SMILES string of the molecule is Cc1ccc2c(c1)[PH](c1ccccc1)(c1ccccc1)c1ccccc1-2. The fourth-order valence-corrected chi connectivity index (χ4v) is 9.85. The summed E-state index contributed by atoms with van der Waals surface area (Å²) in [6, 6.07) is 38.3. The average Bonchev–Trinajstić information content (AvgIpc) is 3.00. The van der Waals surface area contributed by atoms with Crippen LogP contribution in [0, 0.1) is 6.92 Å². The quantitative estimate of drug-likeness (QED) is 0.415. The first-order valence-corrected chi connectivity index (χ1v) is 11.1. The Hall–Kier alpha value is -2.69. The molecule has 0 aromatic heterocycles. The van der Waals surface area contributed by atoms with Crippen LogP contribution in [0.4, 0.5) is 0 Å². The van der Waals surface area contributed by atoms with E-state index in [-0.39, 0.29) is 0 Å². The Morgan fingerprint density at radius 2 is 1.04 bits per heavy atom. The summed E-state index contributed by atoms with van der Waals surface area (Å²) in [6.45, 7) is 2.21. The number of hydrogen-bond donors (Lipinski definition) is 0. The molecule has 4 aromatic rings. The molecular formula is C25H21P. The zero-order valence-corrected chi connectivity index (χ0v) is 15.8. The van der Waals surface area contributed by atoms with Gasteiger partial charge in [-0.2, -0.15) is 0 Å². The molecule has 0 fully saturated rings. The Bertz CT molecular complexity index is 1040. The number of fused-ring (bicyclic) bond motifs is 3. The normalized spacial score (nSPS) is 15.1. The fourth-order valence-electron chi connectivity index (χ4n) is 4.56. The van der Waals surface area contributed by atoms with Crippen LogP contribution in [0.15, 0.2) is 103 Å². The molecule has 0 radical (unpaired) electrons. The van der Waals surface area contributed by atoms with E-state index in [2.05, 4.69) is 110 Å². The molecule has 0 nitrogen and oxygen atoms in total. The molecule has 0 amide bonds. The van der Waals surface area contributed by atoms with Gasteiger partial charge in [0.15, 0.2) is 0 Å². The Balaban J connectivity index is 1.99. The Labute approximate surface area is 155 Å². The molecule has 0 saturated carbocycles. The van der Waals surface area contributed by atoms with Crippen molar-refractivity contribution in [2.45, 2.75) is 6.92 Å². The Morgan fingerprint density at radius 3 is 1.69 bits per heavy atom. The number of hydrogen-bond acceptors (Lipinski definition) is 0. The second-order valence-corrected chi connectivity index (χ2v) is 10.8. The average molecular weight is 352 g/mol. The van der Waals surface area contributed by atoms with Crippen molar-refractivity contribution < 1.29 is 0 Å². The van der Waals surface area contributed by atoms with E-state index >= 15 is 0 Å². The van der Waals surface area contributed by atoms with E-state index in [4.69, 9.17) is 0 Å². The van der Waals surface area contributed by atoms with Gasteiger partial charge in [-0.15, -0.1) is 0 Å². The fraction of sp³-hybridized carbons (Fsp3) is 0.0400. The Morgan fingerprint density at radius 1 is 0.500 bits per heavy atom. The van der Waals surface area contributed by atoms with Gasteiger partial charge in [-0.25, -0.2) is 0 Å². The standard InChI is InChI=1S/C25H21P/c1-19-16-17-23-22-14-8-9-15-24(22)26(25(23)18-19,20-10-4-2-5-11-20)21-12-6-3-7-13-21/h2-18,26H,1H3. The monoisotopic (exact) mass is 352 g/mol. The number of benzene rings is 4. The van der Waals surface area contributed by atoms with Crippen molar-refractivity contribution >= 4 is 28.5 Å². The summed E-state index contributed by atoms with van der Waals surface area (Å²) >= 11 is 0. The molecule has 1 aliphatic rings. The molecule has 1 aliphatic heterocycles. The number of rotatable bonds is 2. The third-order valence-corrected chi connectivity index (χ3v) is 10.5. The molecule has 0 N–H and O–H groups in total. The van der Waals surface area contributed by atoms with Crippen LogP contribution in [0.1, 0.15) is 5.56 Å². The molecule has 26 heavy (non-hydrogen) atoms. The molecule has 0 saturated heterocycles. The van der Waals surface area contributed by atoms with Crippen LogP contribution in [0.2, 0.25) is 0 Å². The molecule has 4 aromatic carbocycles. The Kier molecular flexibility index (Phi) is 3.55. The molecule has 1 heteroatoms. The number of aryl methyl sites for hydroxylation is 1. The van der Waals surface area contributed by atoms with Crippen molar-refractivity contribution in [3.8, 4) is 11.1 Å². The van der Waals surface area contributed by atoms with Gasteiger partial charge in [-0.05, 0) is 0 Å². The van der Waals surface area contributed by atoms with E-state index in [0.717, 1.165) is 0 Å². The first-order valence-electron chi connectivity index (χ1n) is 9.14. The third-order valence-electron chi connectivity index (χ3n) is 5.61. The van der Waals surface area contributed by atoms with Crippen LogP contribution in [-0.2, 0) is 0 Å². The predicted octanol–water partition coefficient (Wildman–Crippen LogP) is 4.33. The third kappa shape index (κ3) is 2.06. The van der Waals surface area contributed by atoms with Crippen molar-refractivity contribution in [2.75, 3.05) is 0 Å². The first kappa shape index (κ1) is 15.6. The molecule has 0 aliphatic carbocycles. The van der Waals surface area contributed by atoms with Crippen LogP contribution in [0.3, 0.4) is 0 Å². The van der Waals surface area contributed by atoms with Crippen molar-refractivity contribution in [1.29, 1.82) is 0 Å². The van der Waals surface area contributed by atoms with Crippen LogP contribution < -0.4 is 21.2 Å². The van der Waals surface area contributed by atoms with E-state index in [0.29, 0.717) is 0 Å². The van der Waals surface area contributed by atoms with Gasteiger partial charge < -0.3 is 0 Å². The van der Waals surface area contributed by atoms with Crippen LogP contribution in [-0.4, -0.2) is 0 Å². The zero-order valence-electron chi connectivity index (χ0n) is 14.8. The van der Waals surface area contributed by atoms with Gasteiger partial charge in [0.1, 0.15) is 0 Å². The first-order chi connectivity index (χ1) is 12.8. The van der Waals surface area contributed by atoms with E-state index in [1.54, 1.807) is 0 Å². The molecule has 0 atom stereocenters. The molecule has 1 heterocycles. The molecular weight excluding hydrogens is 331 g/mol. The van der Waals surface area contributed by atoms with Gasteiger partial charge in [-0.3, -0.25) is 0 Å². The van der Waals surface area contributed by atoms with Gasteiger partial charge in [0, 0.05) is 0 Å². The van der Waals surface area contributed by atoms with Crippen LogP contribution in [0.25, 0.3) is 11.1 Å². The molecule has 0 spiro atoms. The van der Waals surface area contributed by atoms with E-state index in [1.807, 2.05) is 0 Å². The van der Waals surface area contributed by atoms with Crippen molar-refractivity contribution in [3.05, 3.63) is 109 Å². The summed E-state index contributed by atoms with van der Waals surface area (Å²) in [4.78, 5) is 0. The summed E-state index contributed by atoms with van der Waals surface area (Å²) in [5, 5.41) is 5.96. The van der Waals surface area contributed by atoms with Crippen LogP contribution in [0.5, 0.6) is 0 Å². The van der Waals surface area contributed by atoms with Gasteiger partial charge in [-0.1, -0.05) is 0 Å². The maximum atomic E-state index is 2.43.